The maximum atomic E-state index is 11.4. The monoisotopic (exact) mass is 568 g/mol. The molecule has 0 spiro atoms. The summed E-state index contributed by atoms with van der Waals surface area (Å²) >= 11 is 0. The molecule has 2 N–H and O–H groups in total. The molecule has 0 radical (unpaired) electrons. The normalized spacial score (nSPS) is 17.1. The van der Waals surface area contributed by atoms with Crippen molar-refractivity contribution in [2.45, 2.75) is 60.3 Å². The summed E-state index contributed by atoms with van der Waals surface area (Å²) in [5.41, 5.74) is 6.20. The standard InChI is InChI=1S/C33H52N4O4/c1-5-34(6-2)8-7-9-37(24-30-20-26(3)18-28(32(30)38)22-35-10-14-40-15-11-35)25-31-21-27(4)19-29(33(31)39)23-36-12-16-41-17-13-36/h18-21,38-39H,5-17,22-25H2,1-4H3. The first-order chi connectivity index (χ1) is 19.9. The lowest BCUT2D eigenvalue weighted by Gasteiger charge is -2.29. The molecule has 0 bridgehead atoms. The summed E-state index contributed by atoms with van der Waals surface area (Å²) in [5.74, 6) is 0.801. The average Bonchev–Trinajstić information content (AvgIpc) is 2.97. The SMILES string of the molecule is CCN(CC)CCCN(Cc1cc(C)cc(CN2CCOCC2)c1O)Cc1cc(C)cc(CN2CCOCC2)c1O. The highest BCUT2D eigenvalue weighted by atomic mass is 16.5. The van der Waals surface area contributed by atoms with Crippen molar-refractivity contribution in [1.82, 2.24) is 19.6 Å². The number of hydrogen-bond donors (Lipinski definition) is 2. The second-order valence-corrected chi connectivity index (χ2v) is 11.7. The summed E-state index contributed by atoms with van der Waals surface area (Å²) in [6, 6.07) is 8.47. The number of aromatic hydroxyl groups is 2. The van der Waals surface area contributed by atoms with Crippen LogP contribution in [0.2, 0.25) is 0 Å². The second-order valence-electron chi connectivity index (χ2n) is 11.7. The van der Waals surface area contributed by atoms with Crippen LogP contribution in [0.5, 0.6) is 11.5 Å². The topological polar surface area (TPSA) is 71.9 Å². The number of nitrogens with zero attached hydrogens (tertiary/aromatic N) is 4. The minimum Gasteiger partial charge on any atom is -0.507 e. The Morgan fingerprint density at radius 2 is 1.02 bits per heavy atom. The summed E-state index contributed by atoms with van der Waals surface area (Å²) in [6.45, 7) is 21.9. The Balaban J connectivity index is 1.55. The van der Waals surface area contributed by atoms with E-state index >= 15 is 0 Å². The summed E-state index contributed by atoms with van der Waals surface area (Å²) in [7, 11) is 0. The van der Waals surface area contributed by atoms with Gasteiger partial charge in [0.1, 0.15) is 11.5 Å². The molecule has 0 unspecified atom stereocenters. The van der Waals surface area contributed by atoms with Gasteiger partial charge in [-0.3, -0.25) is 14.7 Å². The van der Waals surface area contributed by atoms with Crippen molar-refractivity contribution in [2.24, 2.45) is 0 Å². The van der Waals surface area contributed by atoms with Crippen LogP contribution in [0, 0.1) is 13.8 Å². The van der Waals surface area contributed by atoms with Gasteiger partial charge in [0.05, 0.1) is 26.4 Å². The third-order valence-electron chi connectivity index (χ3n) is 8.45. The zero-order valence-corrected chi connectivity index (χ0v) is 25.8. The van der Waals surface area contributed by atoms with E-state index in [2.05, 4.69) is 71.6 Å². The molecule has 2 heterocycles. The van der Waals surface area contributed by atoms with Gasteiger partial charge in [-0.15, -0.1) is 0 Å². The maximum absolute atomic E-state index is 11.4. The third-order valence-corrected chi connectivity index (χ3v) is 8.45. The van der Waals surface area contributed by atoms with Crippen LogP contribution in [0.4, 0.5) is 0 Å². The maximum Gasteiger partial charge on any atom is 0.124 e. The Morgan fingerprint density at radius 1 is 0.634 bits per heavy atom. The first-order valence-electron chi connectivity index (χ1n) is 15.5. The molecule has 2 aromatic rings. The Bertz CT molecular complexity index is 1020. The summed E-state index contributed by atoms with van der Waals surface area (Å²) in [5, 5.41) is 22.8. The van der Waals surface area contributed by atoms with E-state index in [1.807, 2.05) is 0 Å². The fourth-order valence-electron chi connectivity index (χ4n) is 6.10. The number of ether oxygens (including phenoxy) is 2. The van der Waals surface area contributed by atoms with E-state index in [9.17, 15) is 10.2 Å². The Kier molecular flexibility index (Phi) is 12.3. The predicted molar refractivity (Wildman–Crippen MR) is 164 cm³/mol. The average molecular weight is 569 g/mol. The van der Waals surface area contributed by atoms with Crippen LogP contribution in [-0.2, 0) is 35.7 Å². The fourth-order valence-corrected chi connectivity index (χ4v) is 6.10. The van der Waals surface area contributed by atoms with E-state index in [0.29, 0.717) is 24.6 Å². The molecule has 2 saturated heterocycles. The largest absolute Gasteiger partial charge is 0.507 e. The van der Waals surface area contributed by atoms with Gasteiger partial charge in [0.25, 0.3) is 0 Å². The molecule has 0 amide bonds. The van der Waals surface area contributed by atoms with E-state index in [-0.39, 0.29) is 0 Å². The van der Waals surface area contributed by atoms with Crippen LogP contribution in [0.15, 0.2) is 24.3 Å². The summed E-state index contributed by atoms with van der Waals surface area (Å²) in [6.07, 6.45) is 1.03. The van der Waals surface area contributed by atoms with Gasteiger partial charge >= 0.3 is 0 Å². The van der Waals surface area contributed by atoms with Crippen molar-refractivity contribution in [3.8, 4) is 11.5 Å². The Hall–Kier alpha value is -2.20. The molecule has 2 aliphatic rings. The lowest BCUT2D eigenvalue weighted by atomic mass is 10.0. The van der Waals surface area contributed by atoms with E-state index in [1.165, 1.54) is 0 Å². The quantitative estimate of drug-likeness (QED) is 0.353. The lowest BCUT2D eigenvalue weighted by molar-refractivity contribution is 0.0338. The molecule has 0 aliphatic carbocycles. The molecule has 2 fully saturated rings. The molecule has 41 heavy (non-hydrogen) atoms. The number of benzene rings is 2. The molecule has 4 rings (SSSR count). The molecule has 2 aromatic carbocycles. The van der Waals surface area contributed by atoms with Crippen molar-refractivity contribution in [3.05, 3.63) is 57.6 Å². The first-order valence-corrected chi connectivity index (χ1v) is 15.5. The first kappa shape index (κ1) is 31.7. The minimum absolute atomic E-state index is 0.400. The van der Waals surface area contributed by atoms with Crippen LogP contribution < -0.4 is 0 Å². The van der Waals surface area contributed by atoms with Crippen molar-refractivity contribution in [2.75, 3.05) is 78.8 Å². The Morgan fingerprint density at radius 3 is 1.44 bits per heavy atom. The number of morpholine rings is 2. The van der Waals surface area contributed by atoms with Crippen LogP contribution in [0.1, 0.15) is 53.6 Å². The molecular weight excluding hydrogens is 516 g/mol. The molecule has 0 aromatic heterocycles. The van der Waals surface area contributed by atoms with Crippen molar-refractivity contribution in [1.29, 1.82) is 0 Å². The molecule has 0 saturated carbocycles. The van der Waals surface area contributed by atoms with Gasteiger partial charge in [-0.1, -0.05) is 49.2 Å². The van der Waals surface area contributed by atoms with Crippen LogP contribution >= 0.6 is 0 Å². The highest BCUT2D eigenvalue weighted by Gasteiger charge is 2.20. The number of phenolic OH excluding ortho intramolecular Hbond substituents is 2. The molecule has 8 heteroatoms. The predicted octanol–water partition coefficient (Wildman–Crippen LogP) is 4.11. The van der Waals surface area contributed by atoms with E-state index < -0.39 is 0 Å². The smallest absolute Gasteiger partial charge is 0.124 e. The second kappa shape index (κ2) is 15.9. The minimum atomic E-state index is 0.400. The number of hydrogen-bond acceptors (Lipinski definition) is 8. The van der Waals surface area contributed by atoms with Gasteiger partial charge in [-0.25, -0.2) is 0 Å². The highest BCUT2D eigenvalue weighted by Crippen LogP contribution is 2.31. The van der Waals surface area contributed by atoms with E-state index in [1.54, 1.807) is 0 Å². The molecule has 8 nitrogen and oxygen atoms in total. The molecule has 228 valence electrons. The van der Waals surface area contributed by atoms with Gasteiger partial charge in [0.2, 0.25) is 0 Å². The highest BCUT2D eigenvalue weighted by molar-refractivity contribution is 5.45. The zero-order chi connectivity index (χ0) is 29.2. The van der Waals surface area contributed by atoms with Crippen molar-refractivity contribution >= 4 is 0 Å². The van der Waals surface area contributed by atoms with Crippen molar-refractivity contribution in [3.63, 3.8) is 0 Å². The van der Waals surface area contributed by atoms with Crippen LogP contribution in [-0.4, -0.2) is 109 Å². The zero-order valence-electron chi connectivity index (χ0n) is 25.8. The van der Waals surface area contributed by atoms with Crippen molar-refractivity contribution < 1.29 is 19.7 Å². The number of phenols is 2. The molecule has 0 atom stereocenters. The van der Waals surface area contributed by atoms with Gasteiger partial charge in [-0.05, 0) is 39.9 Å². The van der Waals surface area contributed by atoms with Gasteiger partial charge in [0.15, 0.2) is 0 Å². The van der Waals surface area contributed by atoms with Gasteiger partial charge in [0, 0.05) is 81.2 Å². The molecular formula is C33H52N4O4. The fraction of sp³-hybridized carbons (Fsp3) is 0.636. The van der Waals surface area contributed by atoms with Crippen LogP contribution in [0.25, 0.3) is 0 Å². The lowest BCUT2D eigenvalue weighted by Crippen LogP contribution is -2.35. The Labute approximate surface area is 247 Å². The molecule has 2 aliphatic heterocycles. The van der Waals surface area contributed by atoms with E-state index in [0.717, 1.165) is 132 Å². The van der Waals surface area contributed by atoms with Gasteiger partial charge < -0.3 is 24.6 Å². The number of aryl methyl sites for hydroxylation is 2. The van der Waals surface area contributed by atoms with Crippen LogP contribution in [0.3, 0.4) is 0 Å². The third kappa shape index (κ3) is 9.40. The van der Waals surface area contributed by atoms with Gasteiger partial charge in [-0.2, -0.15) is 0 Å². The summed E-state index contributed by atoms with van der Waals surface area (Å²) < 4.78 is 11.0. The van der Waals surface area contributed by atoms with E-state index in [4.69, 9.17) is 9.47 Å². The summed E-state index contributed by atoms with van der Waals surface area (Å²) in [4.78, 5) is 9.55. The number of rotatable bonds is 14.